The van der Waals surface area contributed by atoms with Crippen molar-refractivity contribution in [3.63, 3.8) is 0 Å². The number of amides is 1. The van der Waals surface area contributed by atoms with Crippen molar-refractivity contribution in [2.45, 2.75) is 19.5 Å². The molecule has 31 heavy (non-hydrogen) atoms. The molecule has 0 N–H and O–H groups in total. The van der Waals surface area contributed by atoms with Crippen LogP contribution >= 0.6 is 0 Å². The Hall–Kier alpha value is -3.86. The van der Waals surface area contributed by atoms with Crippen molar-refractivity contribution in [3.05, 3.63) is 111 Å². The zero-order valence-electron chi connectivity index (χ0n) is 17.3. The van der Waals surface area contributed by atoms with Crippen molar-refractivity contribution in [1.29, 1.82) is 0 Å². The van der Waals surface area contributed by atoms with E-state index in [9.17, 15) is 9.59 Å². The molecule has 0 radical (unpaired) electrons. The van der Waals surface area contributed by atoms with Gasteiger partial charge in [0.05, 0.1) is 24.1 Å². The molecule has 0 saturated heterocycles. The van der Waals surface area contributed by atoms with Gasteiger partial charge in [0.1, 0.15) is 11.3 Å². The van der Waals surface area contributed by atoms with Crippen LogP contribution in [0.2, 0.25) is 0 Å². The van der Waals surface area contributed by atoms with Crippen molar-refractivity contribution in [3.8, 4) is 5.75 Å². The third-order valence-corrected chi connectivity index (χ3v) is 5.73. The zero-order chi connectivity index (χ0) is 21.5. The van der Waals surface area contributed by atoms with Gasteiger partial charge in [0, 0.05) is 6.54 Å². The van der Waals surface area contributed by atoms with Gasteiger partial charge in [-0.15, -0.1) is 0 Å². The van der Waals surface area contributed by atoms with Gasteiger partial charge in [0.15, 0.2) is 5.43 Å². The summed E-state index contributed by atoms with van der Waals surface area (Å²) in [6.45, 7) is 2.29. The van der Waals surface area contributed by atoms with Crippen LogP contribution in [-0.2, 0) is 6.54 Å². The van der Waals surface area contributed by atoms with Crippen molar-refractivity contribution in [2.24, 2.45) is 0 Å². The van der Waals surface area contributed by atoms with E-state index in [1.807, 2.05) is 73.7 Å². The highest BCUT2D eigenvalue weighted by atomic mass is 16.5. The number of hydrogen-bond donors (Lipinski definition) is 0. The van der Waals surface area contributed by atoms with Gasteiger partial charge in [-0.1, -0.05) is 54.1 Å². The second kappa shape index (κ2) is 7.43. The Morgan fingerprint density at radius 1 is 0.968 bits per heavy atom. The monoisotopic (exact) mass is 411 g/mol. The van der Waals surface area contributed by atoms with Crippen LogP contribution in [0.3, 0.4) is 0 Å². The van der Waals surface area contributed by atoms with Crippen LogP contribution in [0.15, 0.2) is 82.0 Å². The number of benzene rings is 3. The first-order valence-corrected chi connectivity index (χ1v) is 10.1. The summed E-state index contributed by atoms with van der Waals surface area (Å²) < 4.78 is 11.4. The number of hydrogen-bond acceptors (Lipinski definition) is 4. The first kappa shape index (κ1) is 19.1. The lowest BCUT2D eigenvalue weighted by Gasteiger charge is -2.25. The highest BCUT2D eigenvalue weighted by Gasteiger charge is 2.42. The summed E-state index contributed by atoms with van der Waals surface area (Å²) in [5, 5.41) is 0.487. The molecule has 1 amide bonds. The van der Waals surface area contributed by atoms with E-state index in [4.69, 9.17) is 9.15 Å². The molecule has 2 heterocycles. The molecule has 1 aliphatic heterocycles. The predicted molar refractivity (Wildman–Crippen MR) is 118 cm³/mol. The average molecular weight is 411 g/mol. The summed E-state index contributed by atoms with van der Waals surface area (Å²) >= 11 is 0. The van der Waals surface area contributed by atoms with Crippen molar-refractivity contribution < 1.29 is 13.9 Å². The van der Waals surface area contributed by atoms with Gasteiger partial charge >= 0.3 is 0 Å². The number of methoxy groups -OCH3 is 1. The molecule has 3 aromatic carbocycles. The molecule has 5 rings (SSSR count). The summed E-state index contributed by atoms with van der Waals surface area (Å²) in [7, 11) is 1.60. The Kier molecular flexibility index (Phi) is 4.59. The SMILES string of the molecule is COc1cccc(C2c3c(oc4ccc(C)cc4c3=O)C(=O)N2Cc2ccccc2)c1. The highest BCUT2D eigenvalue weighted by Crippen LogP contribution is 2.40. The van der Waals surface area contributed by atoms with Gasteiger partial charge in [0.2, 0.25) is 5.76 Å². The molecule has 0 fully saturated rings. The highest BCUT2D eigenvalue weighted by molar-refractivity contribution is 5.99. The summed E-state index contributed by atoms with van der Waals surface area (Å²) in [6, 6.07) is 22.1. The third-order valence-electron chi connectivity index (χ3n) is 5.73. The van der Waals surface area contributed by atoms with E-state index in [1.54, 1.807) is 18.1 Å². The molecule has 0 saturated carbocycles. The lowest BCUT2D eigenvalue weighted by molar-refractivity contribution is 0.0714. The van der Waals surface area contributed by atoms with Crippen LogP contribution in [0, 0.1) is 6.92 Å². The Labute approximate surface area is 179 Å². The minimum Gasteiger partial charge on any atom is -0.497 e. The number of ether oxygens (including phenoxy) is 1. The quantitative estimate of drug-likeness (QED) is 0.481. The molecule has 5 heteroatoms. The van der Waals surface area contributed by atoms with Gasteiger partial charge < -0.3 is 14.1 Å². The van der Waals surface area contributed by atoms with Crippen LogP contribution in [0.5, 0.6) is 5.75 Å². The number of rotatable bonds is 4. The van der Waals surface area contributed by atoms with E-state index in [2.05, 4.69) is 0 Å². The molecule has 154 valence electrons. The molecule has 0 spiro atoms. The molecule has 0 bridgehead atoms. The number of fused-ring (bicyclic) bond motifs is 2. The smallest absolute Gasteiger partial charge is 0.291 e. The van der Waals surface area contributed by atoms with E-state index < -0.39 is 6.04 Å². The summed E-state index contributed by atoms with van der Waals surface area (Å²) in [5.74, 6) is 0.496. The lowest BCUT2D eigenvalue weighted by atomic mass is 9.97. The topological polar surface area (TPSA) is 59.8 Å². The van der Waals surface area contributed by atoms with Crippen molar-refractivity contribution in [2.75, 3.05) is 7.11 Å². The fraction of sp³-hybridized carbons (Fsp3) is 0.154. The van der Waals surface area contributed by atoms with E-state index in [1.165, 1.54) is 0 Å². The van der Waals surface area contributed by atoms with Gasteiger partial charge in [-0.05, 0) is 42.3 Å². The van der Waals surface area contributed by atoms with Crippen molar-refractivity contribution in [1.82, 2.24) is 4.90 Å². The maximum atomic E-state index is 13.6. The number of aryl methyl sites for hydroxylation is 1. The third kappa shape index (κ3) is 3.19. The first-order valence-electron chi connectivity index (χ1n) is 10.1. The molecule has 1 atom stereocenters. The minimum absolute atomic E-state index is 0.116. The standard InChI is InChI=1S/C26H21NO4/c1-16-11-12-21-20(13-16)24(28)22-23(18-9-6-10-19(14-18)30-2)27(26(29)25(22)31-21)15-17-7-4-3-5-8-17/h3-14,23H,15H2,1-2H3. The zero-order valence-corrected chi connectivity index (χ0v) is 17.3. The maximum absolute atomic E-state index is 13.6. The predicted octanol–water partition coefficient (Wildman–Crippen LogP) is 4.86. The Balaban J connectivity index is 1.75. The fourth-order valence-corrected chi connectivity index (χ4v) is 4.24. The Morgan fingerprint density at radius 3 is 2.55 bits per heavy atom. The Morgan fingerprint density at radius 2 is 1.77 bits per heavy atom. The van der Waals surface area contributed by atoms with E-state index in [0.29, 0.717) is 28.8 Å². The van der Waals surface area contributed by atoms with Gasteiger partial charge in [-0.2, -0.15) is 0 Å². The molecule has 5 nitrogen and oxygen atoms in total. The van der Waals surface area contributed by atoms with E-state index >= 15 is 0 Å². The second-order valence-corrected chi connectivity index (χ2v) is 7.77. The van der Waals surface area contributed by atoms with Gasteiger partial charge in [0.25, 0.3) is 5.91 Å². The number of carbonyl (C=O) groups excluding carboxylic acids is 1. The van der Waals surface area contributed by atoms with Crippen LogP contribution in [0.4, 0.5) is 0 Å². The summed E-state index contributed by atoms with van der Waals surface area (Å²) in [4.78, 5) is 28.7. The summed E-state index contributed by atoms with van der Waals surface area (Å²) in [6.07, 6.45) is 0. The number of carbonyl (C=O) groups is 1. The molecule has 1 aliphatic rings. The fourth-order valence-electron chi connectivity index (χ4n) is 4.24. The molecule has 1 aromatic heterocycles. The molecule has 4 aromatic rings. The molecule has 1 unspecified atom stereocenters. The normalized spacial score (nSPS) is 15.4. The molecular weight excluding hydrogens is 390 g/mol. The molecular formula is C26H21NO4. The molecule has 0 aliphatic carbocycles. The number of nitrogens with zero attached hydrogens (tertiary/aromatic N) is 1. The second-order valence-electron chi connectivity index (χ2n) is 7.77. The van der Waals surface area contributed by atoms with E-state index in [0.717, 1.165) is 16.7 Å². The van der Waals surface area contributed by atoms with Crippen LogP contribution in [0.1, 0.15) is 38.9 Å². The lowest BCUT2D eigenvalue weighted by Crippen LogP contribution is -2.29. The first-order chi connectivity index (χ1) is 15.1. The van der Waals surface area contributed by atoms with E-state index in [-0.39, 0.29) is 17.1 Å². The van der Waals surface area contributed by atoms with Crippen LogP contribution in [0.25, 0.3) is 11.0 Å². The minimum atomic E-state index is -0.557. The Bertz CT molecular complexity index is 1360. The van der Waals surface area contributed by atoms with Gasteiger partial charge in [-0.25, -0.2) is 0 Å². The largest absolute Gasteiger partial charge is 0.497 e. The van der Waals surface area contributed by atoms with Gasteiger partial charge in [-0.3, -0.25) is 9.59 Å². The van der Waals surface area contributed by atoms with Crippen LogP contribution < -0.4 is 10.2 Å². The van der Waals surface area contributed by atoms with Crippen molar-refractivity contribution >= 4 is 16.9 Å². The van der Waals surface area contributed by atoms with Crippen LogP contribution in [-0.4, -0.2) is 17.9 Å². The average Bonchev–Trinajstić information content (AvgIpc) is 3.07. The summed E-state index contributed by atoms with van der Waals surface area (Å²) in [5.41, 5.74) is 3.38. The maximum Gasteiger partial charge on any atom is 0.291 e.